The molecule has 24 heavy (non-hydrogen) atoms. The summed E-state index contributed by atoms with van der Waals surface area (Å²) in [4.78, 5) is 0. The summed E-state index contributed by atoms with van der Waals surface area (Å²) >= 11 is 0. The van der Waals surface area contributed by atoms with Crippen molar-refractivity contribution in [3.8, 4) is 0 Å². The predicted molar refractivity (Wildman–Crippen MR) is 102 cm³/mol. The Morgan fingerprint density at radius 2 is 1.04 bits per heavy atom. The van der Waals surface area contributed by atoms with Gasteiger partial charge in [0.15, 0.2) is 0 Å². The molecule has 2 heteroatoms. The topological polar surface area (TPSA) is 24.1 Å². The predicted octanol–water partition coefficient (Wildman–Crippen LogP) is 4.60. The maximum atomic E-state index is 3.95. The van der Waals surface area contributed by atoms with Crippen LogP contribution in [0, 0.1) is 33.5 Å². The largest absolute Gasteiger partial charge is 0.312 e. The zero-order valence-electron chi connectivity index (χ0n) is 17.0. The zero-order valence-corrected chi connectivity index (χ0v) is 17.0. The molecular weight excluding hydrogens is 292 g/mol. The van der Waals surface area contributed by atoms with Crippen molar-refractivity contribution in [2.75, 3.05) is 13.1 Å². The van der Waals surface area contributed by atoms with Crippen molar-refractivity contribution < 1.29 is 0 Å². The van der Waals surface area contributed by atoms with Crippen LogP contribution in [0.25, 0.3) is 0 Å². The Morgan fingerprint density at radius 3 is 1.29 bits per heavy atom. The molecule has 2 nitrogen and oxygen atoms in total. The quantitative estimate of drug-likeness (QED) is 0.719. The second kappa shape index (κ2) is 5.22. The van der Waals surface area contributed by atoms with Crippen LogP contribution in [0.15, 0.2) is 0 Å². The van der Waals surface area contributed by atoms with Gasteiger partial charge < -0.3 is 10.6 Å². The molecule has 0 saturated heterocycles. The Labute approximate surface area is 149 Å². The lowest BCUT2D eigenvalue weighted by molar-refractivity contribution is 0.115. The van der Waals surface area contributed by atoms with Gasteiger partial charge in [0.25, 0.3) is 0 Å². The second-order valence-corrected chi connectivity index (χ2v) is 11.2. The molecule has 6 atom stereocenters. The van der Waals surface area contributed by atoms with E-state index in [1.54, 1.807) is 0 Å². The molecule has 0 aromatic carbocycles. The van der Waals surface area contributed by atoms with Gasteiger partial charge in [-0.1, -0.05) is 41.5 Å². The van der Waals surface area contributed by atoms with Crippen molar-refractivity contribution in [3.63, 3.8) is 0 Å². The van der Waals surface area contributed by atoms with E-state index in [1.807, 2.05) is 0 Å². The summed E-state index contributed by atoms with van der Waals surface area (Å²) in [5.41, 5.74) is 2.08. The molecule has 4 aliphatic rings. The summed E-state index contributed by atoms with van der Waals surface area (Å²) in [5.74, 6) is 1.89. The molecule has 2 N–H and O–H groups in total. The fourth-order valence-electron chi connectivity index (χ4n) is 7.52. The first-order chi connectivity index (χ1) is 11.1. The van der Waals surface area contributed by atoms with Gasteiger partial charge in [-0.15, -0.1) is 0 Å². The molecule has 4 rings (SSSR count). The number of nitrogens with one attached hydrogen (secondary N) is 2. The smallest absolute Gasteiger partial charge is 0.0129 e. The summed E-state index contributed by atoms with van der Waals surface area (Å²) in [6.07, 6.45) is 8.56. The van der Waals surface area contributed by atoms with E-state index < -0.39 is 0 Å². The van der Waals surface area contributed by atoms with Gasteiger partial charge in [0.2, 0.25) is 0 Å². The van der Waals surface area contributed by atoms with Gasteiger partial charge in [-0.2, -0.15) is 0 Å². The van der Waals surface area contributed by atoms with Crippen molar-refractivity contribution in [1.29, 1.82) is 0 Å². The number of hydrogen-bond acceptors (Lipinski definition) is 2. The third-order valence-electron chi connectivity index (χ3n) is 10.5. The average molecular weight is 333 g/mol. The molecule has 0 spiro atoms. The van der Waals surface area contributed by atoms with Crippen LogP contribution >= 0.6 is 0 Å². The molecule has 6 unspecified atom stereocenters. The number of rotatable bonds is 5. The SMILES string of the molecule is CC1(C)C2CCC1(C)C(NCCNC1CC3CCC1(C)C3(C)C)C2. The maximum absolute atomic E-state index is 3.95. The van der Waals surface area contributed by atoms with E-state index in [0.717, 1.165) is 37.0 Å². The third-order valence-corrected chi connectivity index (χ3v) is 10.5. The Bertz CT molecular complexity index is 464. The molecule has 4 fully saturated rings. The van der Waals surface area contributed by atoms with Crippen molar-refractivity contribution >= 4 is 0 Å². The Balaban J connectivity index is 1.28. The fourth-order valence-corrected chi connectivity index (χ4v) is 7.52. The Hall–Kier alpha value is -0.0800. The highest BCUT2D eigenvalue weighted by molar-refractivity contribution is 5.14. The van der Waals surface area contributed by atoms with Crippen LogP contribution in [0.3, 0.4) is 0 Å². The van der Waals surface area contributed by atoms with E-state index in [2.05, 4.69) is 52.2 Å². The first-order valence-corrected chi connectivity index (χ1v) is 10.6. The number of hydrogen-bond donors (Lipinski definition) is 2. The summed E-state index contributed by atoms with van der Waals surface area (Å²) in [6, 6.07) is 1.47. The van der Waals surface area contributed by atoms with Crippen LogP contribution in [0.4, 0.5) is 0 Å². The zero-order chi connectivity index (χ0) is 17.4. The second-order valence-electron chi connectivity index (χ2n) is 11.2. The van der Waals surface area contributed by atoms with Crippen molar-refractivity contribution in [2.45, 2.75) is 92.2 Å². The van der Waals surface area contributed by atoms with E-state index in [4.69, 9.17) is 0 Å². The van der Waals surface area contributed by atoms with Gasteiger partial charge in [0.1, 0.15) is 0 Å². The highest BCUT2D eigenvalue weighted by atomic mass is 15.0. The highest BCUT2D eigenvalue weighted by Gasteiger charge is 2.62. The van der Waals surface area contributed by atoms with Crippen LogP contribution in [0.1, 0.15) is 80.1 Å². The molecule has 0 radical (unpaired) electrons. The molecule has 0 aromatic heterocycles. The van der Waals surface area contributed by atoms with Crippen molar-refractivity contribution in [3.05, 3.63) is 0 Å². The average Bonchev–Trinajstić information content (AvgIpc) is 3.02. The summed E-state index contributed by atoms with van der Waals surface area (Å²) < 4.78 is 0. The molecule has 0 amide bonds. The molecule has 4 bridgehead atoms. The Morgan fingerprint density at radius 1 is 0.667 bits per heavy atom. The monoisotopic (exact) mass is 332 g/mol. The van der Waals surface area contributed by atoms with Gasteiger partial charge in [0.05, 0.1) is 0 Å². The van der Waals surface area contributed by atoms with E-state index >= 15 is 0 Å². The van der Waals surface area contributed by atoms with E-state index in [1.165, 1.54) is 38.5 Å². The standard InChI is InChI=1S/C22H40N2/c1-19(2)15-7-9-21(19,5)17(13-15)23-11-12-24-18-14-16-8-10-22(18,6)20(16,3)4/h15-18,23-24H,7-14H2,1-6H3. The van der Waals surface area contributed by atoms with Crippen LogP contribution in [-0.4, -0.2) is 25.2 Å². The van der Waals surface area contributed by atoms with E-state index in [-0.39, 0.29) is 0 Å². The molecule has 0 aliphatic heterocycles. The van der Waals surface area contributed by atoms with E-state index in [9.17, 15) is 0 Å². The summed E-state index contributed by atoms with van der Waals surface area (Å²) in [6.45, 7) is 17.4. The molecule has 4 aliphatic carbocycles. The number of fused-ring (bicyclic) bond motifs is 4. The first kappa shape index (κ1) is 17.3. The minimum Gasteiger partial charge on any atom is -0.312 e. The van der Waals surface area contributed by atoms with Crippen molar-refractivity contribution in [2.24, 2.45) is 33.5 Å². The molecule has 0 aromatic rings. The lowest BCUT2D eigenvalue weighted by Crippen LogP contribution is -2.49. The van der Waals surface area contributed by atoms with Gasteiger partial charge >= 0.3 is 0 Å². The maximum Gasteiger partial charge on any atom is 0.0129 e. The van der Waals surface area contributed by atoms with Crippen LogP contribution < -0.4 is 10.6 Å². The molecule has 0 heterocycles. The lowest BCUT2D eigenvalue weighted by atomic mass is 9.69. The van der Waals surface area contributed by atoms with Crippen LogP contribution in [-0.2, 0) is 0 Å². The van der Waals surface area contributed by atoms with Crippen molar-refractivity contribution in [1.82, 2.24) is 10.6 Å². The van der Waals surface area contributed by atoms with Crippen LogP contribution in [0.2, 0.25) is 0 Å². The summed E-state index contributed by atoms with van der Waals surface area (Å²) in [5, 5.41) is 7.90. The summed E-state index contributed by atoms with van der Waals surface area (Å²) in [7, 11) is 0. The van der Waals surface area contributed by atoms with Crippen LogP contribution in [0.5, 0.6) is 0 Å². The minimum atomic E-state index is 0.512. The normalized spacial score (nSPS) is 50.8. The first-order valence-electron chi connectivity index (χ1n) is 10.6. The molecule has 138 valence electrons. The van der Waals surface area contributed by atoms with Gasteiger partial charge in [-0.05, 0) is 72.0 Å². The van der Waals surface area contributed by atoms with Gasteiger partial charge in [0, 0.05) is 25.2 Å². The lowest BCUT2D eigenvalue weighted by Gasteiger charge is -2.41. The molecular formula is C22H40N2. The Kier molecular flexibility index (Phi) is 3.77. The molecule has 4 saturated carbocycles. The highest BCUT2D eigenvalue weighted by Crippen LogP contribution is 2.66. The van der Waals surface area contributed by atoms with E-state index in [0.29, 0.717) is 21.7 Å². The fraction of sp³-hybridized carbons (Fsp3) is 1.00. The van der Waals surface area contributed by atoms with Gasteiger partial charge in [-0.25, -0.2) is 0 Å². The minimum absolute atomic E-state index is 0.512. The van der Waals surface area contributed by atoms with Gasteiger partial charge in [-0.3, -0.25) is 0 Å². The third kappa shape index (κ3) is 2.02.